The van der Waals surface area contributed by atoms with Gasteiger partial charge in [-0.1, -0.05) is 23.4 Å². The molecule has 0 saturated heterocycles. The summed E-state index contributed by atoms with van der Waals surface area (Å²) in [6, 6.07) is 14.3. The van der Waals surface area contributed by atoms with Crippen molar-refractivity contribution in [2.45, 2.75) is 26.8 Å². The van der Waals surface area contributed by atoms with Gasteiger partial charge < -0.3 is 9.63 Å². The van der Waals surface area contributed by atoms with Gasteiger partial charge in [-0.2, -0.15) is 5.10 Å². The van der Waals surface area contributed by atoms with E-state index in [0.29, 0.717) is 5.69 Å². The first-order valence-electron chi connectivity index (χ1n) is 10.5. The Kier molecular flexibility index (Phi) is 4.97. The molecular formula is C25H21N5O3. The first kappa shape index (κ1) is 20.6. The quantitative estimate of drug-likeness (QED) is 0.407. The number of hydrogen-bond donors (Lipinski definition) is 1. The van der Waals surface area contributed by atoms with Gasteiger partial charge in [0.25, 0.3) is 0 Å². The van der Waals surface area contributed by atoms with E-state index in [-0.39, 0.29) is 11.6 Å². The fourth-order valence-electron chi connectivity index (χ4n) is 4.06. The second kappa shape index (κ2) is 7.98. The van der Waals surface area contributed by atoms with Crippen LogP contribution in [0.2, 0.25) is 0 Å². The molecule has 164 valence electrons. The number of carboxylic acid groups (broad SMARTS) is 1. The number of aryl methyl sites for hydroxylation is 2. The van der Waals surface area contributed by atoms with Crippen molar-refractivity contribution in [1.29, 1.82) is 0 Å². The molecule has 0 aliphatic rings. The van der Waals surface area contributed by atoms with Gasteiger partial charge in [-0.15, -0.1) is 0 Å². The number of hydrogen-bond acceptors (Lipinski definition) is 6. The lowest BCUT2D eigenvalue weighted by Gasteiger charge is -2.13. The zero-order chi connectivity index (χ0) is 23.1. The van der Waals surface area contributed by atoms with Gasteiger partial charge in [-0.05, 0) is 51.1 Å². The van der Waals surface area contributed by atoms with Crippen molar-refractivity contribution >= 4 is 17.0 Å². The monoisotopic (exact) mass is 439 g/mol. The summed E-state index contributed by atoms with van der Waals surface area (Å²) in [5.74, 6) is -0.245. The number of carbonyl (C=O) groups is 1. The molecule has 0 fully saturated rings. The first-order chi connectivity index (χ1) is 15.9. The number of benzene rings is 1. The molecule has 0 spiro atoms. The van der Waals surface area contributed by atoms with Crippen LogP contribution < -0.4 is 0 Å². The molecule has 0 aliphatic carbocycles. The van der Waals surface area contributed by atoms with Crippen molar-refractivity contribution in [1.82, 2.24) is 24.9 Å². The molecule has 4 heterocycles. The van der Waals surface area contributed by atoms with Crippen molar-refractivity contribution in [3.8, 4) is 22.4 Å². The summed E-state index contributed by atoms with van der Waals surface area (Å²) in [5.41, 5.74) is 6.71. The summed E-state index contributed by atoms with van der Waals surface area (Å²) in [4.78, 5) is 20.5. The van der Waals surface area contributed by atoms with Crippen LogP contribution in [0.4, 0.5) is 0 Å². The molecule has 33 heavy (non-hydrogen) atoms. The van der Waals surface area contributed by atoms with Crippen molar-refractivity contribution in [2.24, 2.45) is 0 Å². The van der Waals surface area contributed by atoms with Crippen LogP contribution in [0, 0.1) is 13.8 Å². The average Bonchev–Trinajstić information content (AvgIpc) is 3.38. The number of rotatable bonds is 5. The van der Waals surface area contributed by atoms with Crippen LogP contribution in [0.3, 0.4) is 0 Å². The maximum atomic E-state index is 11.3. The molecule has 5 aromatic rings. The number of pyridine rings is 2. The Labute approximate surface area is 189 Å². The summed E-state index contributed by atoms with van der Waals surface area (Å²) >= 11 is 0. The van der Waals surface area contributed by atoms with E-state index in [9.17, 15) is 9.90 Å². The molecule has 5 rings (SSSR count). The molecule has 0 saturated carbocycles. The maximum absolute atomic E-state index is 11.3. The number of nitrogens with zero attached hydrogens (tertiary/aromatic N) is 5. The van der Waals surface area contributed by atoms with E-state index in [0.717, 1.165) is 44.9 Å². The van der Waals surface area contributed by atoms with E-state index in [1.54, 1.807) is 36.7 Å². The average molecular weight is 439 g/mol. The highest BCUT2D eigenvalue weighted by molar-refractivity contribution is 5.94. The van der Waals surface area contributed by atoms with Gasteiger partial charge in [0, 0.05) is 29.1 Å². The number of fused-ring (bicyclic) bond motifs is 1. The SMILES string of the molecule is Cc1noc(C)c1-c1cnc2c(-c3ccc(C(=O)O)cc3)nn([C@@H](C)c3ccccn3)c2c1. The predicted molar refractivity (Wildman–Crippen MR) is 123 cm³/mol. The lowest BCUT2D eigenvalue weighted by molar-refractivity contribution is 0.0697. The Morgan fingerprint density at radius 2 is 1.85 bits per heavy atom. The zero-order valence-electron chi connectivity index (χ0n) is 18.4. The van der Waals surface area contributed by atoms with E-state index >= 15 is 0 Å². The van der Waals surface area contributed by atoms with Crippen LogP contribution in [0.15, 0.2) is 65.4 Å². The van der Waals surface area contributed by atoms with E-state index < -0.39 is 5.97 Å². The highest BCUT2D eigenvalue weighted by Crippen LogP contribution is 2.34. The molecule has 4 aromatic heterocycles. The van der Waals surface area contributed by atoms with Crippen LogP contribution >= 0.6 is 0 Å². The van der Waals surface area contributed by atoms with E-state index in [1.807, 2.05) is 49.7 Å². The lowest BCUT2D eigenvalue weighted by atomic mass is 10.0. The molecular weight excluding hydrogens is 418 g/mol. The highest BCUT2D eigenvalue weighted by Gasteiger charge is 2.21. The molecule has 0 aliphatic heterocycles. The number of carboxylic acids is 1. The third-order valence-electron chi connectivity index (χ3n) is 5.76. The Bertz CT molecular complexity index is 1450. The van der Waals surface area contributed by atoms with Crippen LogP contribution in [0.5, 0.6) is 0 Å². The molecule has 0 amide bonds. The molecule has 0 radical (unpaired) electrons. The van der Waals surface area contributed by atoms with Crippen molar-refractivity contribution < 1.29 is 14.4 Å². The Hall–Kier alpha value is -4.33. The highest BCUT2D eigenvalue weighted by atomic mass is 16.5. The van der Waals surface area contributed by atoms with Crippen LogP contribution in [-0.4, -0.2) is 36.0 Å². The second-order valence-corrected chi connectivity index (χ2v) is 7.90. The van der Waals surface area contributed by atoms with Gasteiger partial charge in [0.1, 0.15) is 17.0 Å². The third-order valence-corrected chi connectivity index (χ3v) is 5.76. The first-order valence-corrected chi connectivity index (χ1v) is 10.5. The van der Waals surface area contributed by atoms with Crippen LogP contribution in [0.25, 0.3) is 33.4 Å². The lowest BCUT2D eigenvalue weighted by Crippen LogP contribution is -2.10. The minimum absolute atomic E-state index is 0.150. The Balaban J connectivity index is 1.72. The number of aromatic carboxylic acids is 1. The minimum Gasteiger partial charge on any atom is -0.478 e. The molecule has 1 N–H and O–H groups in total. The molecule has 8 heteroatoms. The normalized spacial score (nSPS) is 12.2. The van der Waals surface area contributed by atoms with Gasteiger partial charge in [-0.3, -0.25) is 14.6 Å². The number of aromatic nitrogens is 5. The molecule has 0 unspecified atom stereocenters. The van der Waals surface area contributed by atoms with E-state index in [4.69, 9.17) is 14.6 Å². The van der Waals surface area contributed by atoms with Gasteiger partial charge in [0.05, 0.1) is 28.5 Å². The summed E-state index contributed by atoms with van der Waals surface area (Å²) in [5, 5.41) is 18.2. The third kappa shape index (κ3) is 3.55. The largest absolute Gasteiger partial charge is 0.478 e. The summed E-state index contributed by atoms with van der Waals surface area (Å²) in [6.45, 7) is 5.82. The molecule has 1 atom stereocenters. The molecule has 1 aromatic carbocycles. The topological polar surface area (TPSA) is 107 Å². The van der Waals surface area contributed by atoms with E-state index in [2.05, 4.69) is 10.1 Å². The predicted octanol–water partition coefficient (Wildman–Crippen LogP) is 5.07. The van der Waals surface area contributed by atoms with Crippen LogP contribution in [0.1, 0.15) is 40.5 Å². The standard InChI is InChI=1S/C25H21N5O3/c1-14-22(16(3)33-29-14)19-12-21-24(27-13-19)23(17-7-9-18(10-8-17)25(31)32)28-30(21)15(2)20-6-4-5-11-26-20/h4-13,15H,1-3H3,(H,31,32)/t15-/m0/s1. The van der Waals surface area contributed by atoms with Crippen LogP contribution in [-0.2, 0) is 0 Å². The van der Waals surface area contributed by atoms with Gasteiger partial charge in [0.2, 0.25) is 0 Å². The van der Waals surface area contributed by atoms with Crippen molar-refractivity contribution in [2.75, 3.05) is 0 Å². The smallest absolute Gasteiger partial charge is 0.335 e. The molecule has 0 bridgehead atoms. The van der Waals surface area contributed by atoms with Crippen molar-refractivity contribution in [3.63, 3.8) is 0 Å². The maximum Gasteiger partial charge on any atom is 0.335 e. The summed E-state index contributed by atoms with van der Waals surface area (Å²) in [7, 11) is 0. The van der Waals surface area contributed by atoms with E-state index in [1.165, 1.54) is 0 Å². The minimum atomic E-state index is -0.970. The Morgan fingerprint density at radius 3 is 2.48 bits per heavy atom. The zero-order valence-corrected chi connectivity index (χ0v) is 18.4. The fourth-order valence-corrected chi connectivity index (χ4v) is 4.06. The fraction of sp³-hybridized carbons (Fsp3) is 0.160. The van der Waals surface area contributed by atoms with Gasteiger partial charge >= 0.3 is 5.97 Å². The second-order valence-electron chi connectivity index (χ2n) is 7.90. The summed E-state index contributed by atoms with van der Waals surface area (Å²) in [6.07, 6.45) is 3.55. The van der Waals surface area contributed by atoms with Crippen molar-refractivity contribution in [3.05, 3.63) is 83.6 Å². The Morgan fingerprint density at radius 1 is 1.06 bits per heavy atom. The van der Waals surface area contributed by atoms with Gasteiger partial charge in [-0.25, -0.2) is 4.79 Å². The summed E-state index contributed by atoms with van der Waals surface area (Å²) < 4.78 is 7.27. The molecule has 8 nitrogen and oxygen atoms in total. The van der Waals surface area contributed by atoms with Gasteiger partial charge in [0.15, 0.2) is 0 Å².